The predicted molar refractivity (Wildman–Crippen MR) is 74.6 cm³/mol. The molecule has 0 radical (unpaired) electrons. The van der Waals surface area contributed by atoms with Gasteiger partial charge in [0.05, 0.1) is 5.56 Å². The second kappa shape index (κ2) is 4.94. The van der Waals surface area contributed by atoms with Crippen LogP contribution >= 0.6 is 11.6 Å². The number of rotatable bonds is 2. The Hall–Kier alpha value is -2.40. The number of nitrogens with zero attached hydrogens (tertiary/aromatic N) is 2. The largest absolute Gasteiger partial charge is 0.399 e. The minimum absolute atomic E-state index is 0.0804. The van der Waals surface area contributed by atoms with Crippen molar-refractivity contribution in [2.24, 2.45) is 0 Å². The molecule has 3 rings (SSSR count). The number of hydrogen-bond acceptors (Lipinski definition) is 4. The smallest absolute Gasteiger partial charge is 0.261 e. The summed E-state index contributed by atoms with van der Waals surface area (Å²) in [4.78, 5) is 4.17. The highest BCUT2D eigenvalue weighted by Crippen LogP contribution is 2.27. The van der Waals surface area contributed by atoms with Crippen molar-refractivity contribution in [2.45, 2.75) is 0 Å². The van der Waals surface area contributed by atoms with Gasteiger partial charge in [-0.2, -0.15) is 4.98 Å². The topological polar surface area (TPSA) is 64.9 Å². The Labute approximate surface area is 119 Å². The van der Waals surface area contributed by atoms with E-state index in [1.54, 1.807) is 24.3 Å². The zero-order valence-corrected chi connectivity index (χ0v) is 10.9. The average molecular weight is 290 g/mol. The molecule has 0 bridgehead atoms. The van der Waals surface area contributed by atoms with E-state index in [1.165, 1.54) is 18.2 Å². The van der Waals surface area contributed by atoms with Crippen molar-refractivity contribution in [3.8, 4) is 22.8 Å². The molecule has 0 saturated carbocycles. The molecule has 0 spiro atoms. The number of halogens is 2. The van der Waals surface area contributed by atoms with Crippen LogP contribution in [0, 0.1) is 5.82 Å². The van der Waals surface area contributed by atoms with Gasteiger partial charge in [-0.3, -0.25) is 0 Å². The van der Waals surface area contributed by atoms with Crippen LogP contribution in [0.15, 0.2) is 47.0 Å². The van der Waals surface area contributed by atoms with Gasteiger partial charge in [-0.05, 0) is 42.5 Å². The SMILES string of the molecule is Nc1ccc(-c2noc(-c3cc(Cl)ccc3F)n2)cc1. The Kier molecular flexibility index (Phi) is 3.12. The third-order valence-electron chi connectivity index (χ3n) is 2.75. The van der Waals surface area contributed by atoms with E-state index in [9.17, 15) is 4.39 Å². The second-order valence-corrected chi connectivity index (χ2v) is 4.61. The lowest BCUT2D eigenvalue weighted by atomic mass is 10.2. The van der Waals surface area contributed by atoms with Gasteiger partial charge in [-0.25, -0.2) is 4.39 Å². The first-order valence-corrected chi connectivity index (χ1v) is 6.16. The summed E-state index contributed by atoms with van der Waals surface area (Å²) in [7, 11) is 0. The third kappa shape index (κ3) is 2.35. The van der Waals surface area contributed by atoms with Gasteiger partial charge in [0, 0.05) is 16.3 Å². The molecule has 0 amide bonds. The molecule has 4 nitrogen and oxygen atoms in total. The molecule has 2 N–H and O–H groups in total. The van der Waals surface area contributed by atoms with Crippen molar-refractivity contribution >= 4 is 17.3 Å². The van der Waals surface area contributed by atoms with Gasteiger partial charge in [0.25, 0.3) is 5.89 Å². The molecule has 0 atom stereocenters. The normalized spacial score (nSPS) is 10.7. The zero-order valence-electron chi connectivity index (χ0n) is 10.2. The van der Waals surface area contributed by atoms with E-state index in [2.05, 4.69) is 10.1 Å². The fraction of sp³-hybridized carbons (Fsp3) is 0. The molecule has 3 aromatic rings. The molecule has 2 aromatic carbocycles. The van der Waals surface area contributed by atoms with Gasteiger partial charge in [0.2, 0.25) is 5.82 Å². The number of nitrogens with two attached hydrogens (primary N) is 1. The zero-order chi connectivity index (χ0) is 14.1. The molecule has 1 heterocycles. The number of nitrogen functional groups attached to an aromatic ring is 1. The molecule has 0 fully saturated rings. The summed E-state index contributed by atoms with van der Waals surface area (Å²) in [5, 5.41) is 4.22. The Bertz CT molecular complexity index is 755. The van der Waals surface area contributed by atoms with E-state index >= 15 is 0 Å². The lowest BCUT2D eigenvalue weighted by Crippen LogP contribution is -1.86. The minimum atomic E-state index is -0.470. The molecule has 100 valence electrons. The number of benzene rings is 2. The molecule has 1 aromatic heterocycles. The van der Waals surface area contributed by atoms with Crippen LogP contribution in [0.1, 0.15) is 0 Å². The van der Waals surface area contributed by atoms with Crippen LogP contribution in [0.3, 0.4) is 0 Å². The maximum absolute atomic E-state index is 13.7. The molecule has 0 saturated heterocycles. The summed E-state index contributed by atoms with van der Waals surface area (Å²) >= 11 is 5.84. The van der Waals surface area contributed by atoms with Crippen LogP contribution < -0.4 is 5.73 Å². The molecule has 0 unspecified atom stereocenters. The highest BCUT2D eigenvalue weighted by atomic mass is 35.5. The summed E-state index contributed by atoms with van der Waals surface area (Å²) in [6, 6.07) is 11.1. The van der Waals surface area contributed by atoms with Crippen LogP contribution in [0.2, 0.25) is 5.02 Å². The molecule has 6 heteroatoms. The summed E-state index contributed by atoms with van der Waals surface area (Å²) < 4.78 is 18.8. The van der Waals surface area contributed by atoms with E-state index < -0.39 is 5.82 Å². The maximum Gasteiger partial charge on any atom is 0.261 e. The van der Waals surface area contributed by atoms with Crippen molar-refractivity contribution in [3.05, 3.63) is 53.3 Å². The molecular weight excluding hydrogens is 281 g/mol. The van der Waals surface area contributed by atoms with Gasteiger partial charge in [0.15, 0.2) is 0 Å². The molecular formula is C14H9ClFN3O. The second-order valence-electron chi connectivity index (χ2n) is 4.17. The standard InChI is InChI=1S/C14H9ClFN3O/c15-9-3-6-12(16)11(7-9)14-18-13(19-20-14)8-1-4-10(17)5-2-8/h1-7H,17H2. The van der Waals surface area contributed by atoms with Gasteiger partial charge in [-0.15, -0.1) is 0 Å². The number of anilines is 1. The third-order valence-corrected chi connectivity index (χ3v) is 2.99. The van der Waals surface area contributed by atoms with E-state index in [0.717, 1.165) is 5.56 Å². The van der Waals surface area contributed by atoms with E-state index in [-0.39, 0.29) is 11.5 Å². The molecule has 0 aliphatic rings. The number of aromatic nitrogens is 2. The highest BCUT2D eigenvalue weighted by Gasteiger charge is 2.14. The number of hydrogen-bond donors (Lipinski definition) is 1. The van der Waals surface area contributed by atoms with E-state index in [1.807, 2.05) is 0 Å². The molecule has 0 aliphatic carbocycles. The molecule has 20 heavy (non-hydrogen) atoms. The van der Waals surface area contributed by atoms with E-state index in [4.69, 9.17) is 21.9 Å². The summed E-state index contributed by atoms with van der Waals surface area (Å²) in [6.45, 7) is 0. The Morgan fingerprint density at radius 2 is 1.85 bits per heavy atom. The Balaban J connectivity index is 2.01. The average Bonchev–Trinajstić information content (AvgIpc) is 2.92. The Morgan fingerprint density at radius 1 is 1.10 bits per heavy atom. The highest BCUT2D eigenvalue weighted by molar-refractivity contribution is 6.30. The Morgan fingerprint density at radius 3 is 2.60 bits per heavy atom. The minimum Gasteiger partial charge on any atom is -0.399 e. The first kappa shape index (κ1) is 12.6. The fourth-order valence-electron chi connectivity index (χ4n) is 1.74. The van der Waals surface area contributed by atoms with Crippen molar-refractivity contribution in [3.63, 3.8) is 0 Å². The van der Waals surface area contributed by atoms with Gasteiger partial charge in [-0.1, -0.05) is 16.8 Å². The fourth-order valence-corrected chi connectivity index (χ4v) is 1.92. The lowest BCUT2D eigenvalue weighted by molar-refractivity contribution is 0.429. The predicted octanol–water partition coefficient (Wildman–Crippen LogP) is 3.78. The van der Waals surface area contributed by atoms with Crippen molar-refractivity contribution in [2.75, 3.05) is 5.73 Å². The monoisotopic (exact) mass is 289 g/mol. The van der Waals surface area contributed by atoms with Crippen LogP contribution in [0.4, 0.5) is 10.1 Å². The van der Waals surface area contributed by atoms with Gasteiger partial charge >= 0.3 is 0 Å². The summed E-state index contributed by atoms with van der Waals surface area (Å²) in [5.41, 5.74) is 7.15. The quantitative estimate of drug-likeness (QED) is 0.729. The van der Waals surface area contributed by atoms with Gasteiger partial charge < -0.3 is 10.3 Å². The first-order chi connectivity index (χ1) is 9.63. The first-order valence-electron chi connectivity index (χ1n) is 5.78. The van der Waals surface area contributed by atoms with Crippen LogP contribution in [-0.4, -0.2) is 10.1 Å². The van der Waals surface area contributed by atoms with Crippen molar-refractivity contribution < 1.29 is 8.91 Å². The summed E-state index contributed by atoms with van der Waals surface area (Å²) in [6.07, 6.45) is 0. The molecule has 0 aliphatic heterocycles. The van der Waals surface area contributed by atoms with Gasteiger partial charge in [0.1, 0.15) is 5.82 Å². The van der Waals surface area contributed by atoms with E-state index in [0.29, 0.717) is 16.5 Å². The van der Waals surface area contributed by atoms with Crippen LogP contribution in [0.5, 0.6) is 0 Å². The van der Waals surface area contributed by atoms with Crippen LogP contribution in [0.25, 0.3) is 22.8 Å². The lowest BCUT2D eigenvalue weighted by Gasteiger charge is -1.97. The maximum atomic E-state index is 13.7. The van der Waals surface area contributed by atoms with Crippen molar-refractivity contribution in [1.29, 1.82) is 0 Å². The summed E-state index contributed by atoms with van der Waals surface area (Å²) in [5.74, 6) is -0.0295. The van der Waals surface area contributed by atoms with Crippen molar-refractivity contribution in [1.82, 2.24) is 10.1 Å². The van der Waals surface area contributed by atoms with Crippen LogP contribution in [-0.2, 0) is 0 Å².